The molecule has 1 unspecified atom stereocenters. The highest BCUT2D eigenvalue weighted by Gasteiger charge is 2.05. The summed E-state index contributed by atoms with van der Waals surface area (Å²) in [5.41, 5.74) is 2.48. The van der Waals surface area contributed by atoms with Gasteiger partial charge in [0, 0.05) is 20.1 Å². The molecule has 0 spiro atoms. The Bertz CT molecular complexity index is 569. The third-order valence-electron chi connectivity index (χ3n) is 3.40. The van der Waals surface area contributed by atoms with Crippen molar-refractivity contribution in [2.24, 2.45) is 10.9 Å². The van der Waals surface area contributed by atoms with Crippen molar-refractivity contribution < 1.29 is 4.74 Å². The summed E-state index contributed by atoms with van der Waals surface area (Å²) >= 11 is 1.71. The van der Waals surface area contributed by atoms with Gasteiger partial charge in [0.25, 0.3) is 0 Å². The predicted octanol–water partition coefficient (Wildman–Crippen LogP) is 3.27. The zero-order chi connectivity index (χ0) is 16.3. The lowest BCUT2D eigenvalue weighted by molar-refractivity contribution is 0.0931. The summed E-state index contributed by atoms with van der Waals surface area (Å²) in [6.45, 7) is 5.18. The van der Waals surface area contributed by atoms with Crippen molar-refractivity contribution in [3.8, 4) is 0 Å². The third kappa shape index (κ3) is 6.84. The fourth-order valence-corrected chi connectivity index (χ4v) is 2.75. The van der Waals surface area contributed by atoms with Gasteiger partial charge in [0.2, 0.25) is 0 Å². The zero-order valence-corrected chi connectivity index (χ0v) is 14.6. The van der Waals surface area contributed by atoms with Gasteiger partial charge in [0.15, 0.2) is 5.96 Å². The molecule has 5 heteroatoms. The SMILES string of the molecule is CN=C(NCc1ccsc1)NCC(C)COCc1ccccc1. The van der Waals surface area contributed by atoms with E-state index in [1.54, 1.807) is 18.4 Å². The maximum atomic E-state index is 5.77. The second-order valence-corrected chi connectivity index (χ2v) is 6.32. The molecule has 1 atom stereocenters. The highest BCUT2D eigenvalue weighted by Crippen LogP contribution is 2.05. The van der Waals surface area contributed by atoms with Crippen LogP contribution in [0.5, 0.6) is 0 Å². The number of hydrogen-bond acceptors (Lipinski definition) is 3. The molecule has 2 N–H and O–H groups in total. The van der Waals surface area contributed by atoms with E-state index in [0.717, 1.165) is 25.7 Å². The van der Waals surface area contributed by atoms with Crippen LogP contribution in [0.2, 0.25) is 0 Å². The topological polar surface area (TPSA) is 45.7 Å². The van der Waals surface area contributed by atoms with Crippen molar-refractivity contribution in [2.45, 2.75) is 20.1 Å². The maximum Gasteiger partial charge on any atom is 0.191 e. The van der Waals surface area contributed by atoms with E-state index < -0.39 is 0 Å². The van der Waals surface area contributed by atoms with Crippen LogP contribution in [0.1, 0.15) is 18.1 Å². The molecule has 0 saturated carbocycles. The number of aliphatic imine (C=N–C) groups is 1. The monoisotopic (exact) mass is 331 g/mol. The minimum atomic E-state index is 0.415. The lowest BCUT2D eigenvalue weighted by atomic mass is 10.2. The summed E-state index contributed by atoms with van der Waals surface area (Å²) < 4.78 is 5.77. The van der Waals surface area contributed by atoms with Crippen LogP contribution in [0, 0.1) is 5.92 Å². The number of nitrogens with zero attached hydrogens (tertiary/aromatic N) is 1. The molecule has 0 saturated heterocycles. The molecule has 23 heavy (non-hydrogen) atoms. The first-order chi connectivity index (χ1) is 11.3. The standard InChI is InChI=1S/C18H25N3OS/c1-15(12-22-13-16-6-4-3-5-7-16)10-20-18(19-2)21-11-17-8-9-23-14-17/h3-9,14-15H,10-13H2,1-2H3,(H2,19,20,21). The largest absolute Gasteiger partial charge is 0.376 e. The summed E-state index contributed by atoms with van der Waals surface area (Å²) in [5, 5.41) is 10.9. The van der Waals surface area contributed by atoms with E-state index >= 15 is 0 Å². The van der Waals surface area contributed by atoms with Gasteiger partial charge >= 0.3 is 0 Å². The summed E-state index contributed by atoms with van der Waals surface area (Å²) in [7, 11) is 1.79. The molecule has 4 nitrogen and oxygen atoms in total. The first kappa shape index (κ1) is 17.5. The van der Waals surface area contributed by atoms with Crippen LogP contribution in [-0.2, 0) is 17.9 Å². The summed E-state index contributed by atoms with van der Waals surface area (Å²) in [6, 6.07) is 12.4. The summed E-state index contributed by atoms with van der Waals surface area (Å²) in [5.74, 6) is 1.24. The molecule has 1 aromatic carbocycles. The van der Waals surface area contributed by atoms with Crippen molar-refractivity contribution in [3.63, 3.8) is 0 Å². The van der Waals surface area contributed by atoms with Gasteiger partial charge in [-0.25, -0.2) is 0 Å². The first-order valence-corrected chi connectivity index (χ1v) is 8.79. The second-order valence-electron chi connectivity index (χ2n) is 5.54. The van der Waals surface area contributed by atoms with Gasteiger partial charge in [-0.05, 0) is 33.9 Å². The van der Waals surface area contributed by atoms with Crippen molar-refractivity contribution in [1.82, 2.24) is 10.6 Å². The molecule has 0 radical (unpaired) electrons. The lowest BCUT2D eigenvalue weighted by Crippen LogP contribution is -2.39. The van der Waals surface area contributed by atoms with Gasteiger partial charge in [-0.2, -0.15) is 11.3 Å². The smallest absolute Gasteiger partial charge is 0.191 e. The fourth-order valence-electron chi connectivity index (χ4n) is 2.08. The van der Waals surface area contributed by atoms with Gasteiger partial charge in [-0.15, -0.1) is 0 Å². The Labute approximate surface area is 142 Å². The highest BCUT2D eigenvalue weighted by molar-refractivity contribution is 7.07. The number of hydrogen-bond donors (Lipinski definition) is 2. The lowest BCUT2D eigenvalue weighted by Gasteiger charge is -2.16. The molecule has 0 aliphatic heterocycles. The number of rotatable bonds is 8. The Morgan fingerprint density at radius 1 is 1.17 bits per heavy atom. The van der Waals surface area contributed by atoms with Gasteiger partial charge in [-0.1, -0.05) is 37.3 Å². The van der Waals surface area contributed by atoms with Crippen LogP contribution in [0.3, 0.4) is 0 Å². The summed E-state index contributed by atoms with van der Waals surface area (Å²) in [4.78, 5) is 4.24. The van der Waals surface area contributed by atoms with Crippen LogP contribution in [-0.4, -0.2) is 26.2 Å². The molecule has 1 aromatic heterocycles. The molecule has 0 bridgehead atoms. The molecule has 0 fully saturated rings. The average molecular weight is 331 g/mol. The molecule has 0 amide bonds. The number of guanidine groups is 1. The molecule has 2 aromatic rings. The molecular formula is C18H25N3OS. The van der Waals surface area contributed by atoms with Crippen LogP contribution >= 0.6 is 11.3 Å². The Kier molecular flexibility index (Phi) is 7.63. The van der Waals surface area contributed by atoms with E-state index in [2.05, 4.69) is 51.5 Å². The maximum absolute atomic E-state index is 5.77. The molecule has 1 heterocycles. The minimum Gasteiger partial charge on any atom is -0.376 e. The molecule has 0 aliphatic rings. The molecule has 124 valence electrons. The number of ether oxygens (including phenoxy) is 1. The molecule has 2 rings (SSSR count). The summed E-state index contributed by atoms with van der Waals surface area (Å²) in [6.07, 6.45) is 0. The van der Waals surface area contributed by atoms with E-state index in [1.165, 1.54) is 11.1 Å². The number of thiophene rings is 1. The van der Waals surface area contributed by atoms with Crippen LogP contribution < -0.4 is 10.6 Å². The van der Waals surface area contributed by atoms with Gasteiger partial charge < -0.3 is 15.4 Å². The van der Waals surface area contributed by atoms with Crippen LogP contribution in [0.25, 0.3) is 0 Å². The molecular weight excluding hydrogens is 306 g/mol. The van der Waals surface area contributed by atoms with E-state index in [9.17, 15) is 0 Å². The van der Waals surface area contributed by atoms with Crippen molar-refractivity contribution in [1.29, 1.82) is 0 Å². The minimum absolute atomic E-state index is 0.415. The van der Waals surface area contributed by atoms with Crippen molar-refractivity contribution in [2.75, 3.05) is 20.2 Å². The Morgan fingerprint density at radius 3 is 2.70 bits per heavy atom. The Hall–Kier alpha value is -1.85. The number of benzene rings is 1. The van der Waals surface area contributed by atoms with E-state index in [-0.39, 0.29) is 0 Å². The predicted molar refractivity (Wildman–Crippen MR) is 97.8 cm³/mol. The second kappa shape index (κ2) is 10.0. The first-order valence-electron chi connectivity index (χ1n) is 7.85. The van der Waals surface area contributed by atoms with Gasteiger partial charge in [-0.3, -0.25) is 4.99 Å². The zero-order valence-electron chi connectivity index (χ0n) is 13.8. The third-order valence-corrected chi connectivity index (χ3v) is 4.13. The fraction of sp³-hybridized carbons (Fsp3) is 0.389. The van der Waals surface area contributed by atoms with Crippen LogP contribution in [0.4, 0.5) is 0 Å². The van der Waals surface area contributed by atoms with E-state index in [1.807, 2.05) is 18.2 Å². The molecule has 0 aliphatic carbocycles. The van der Waals surface area contributed by atoms with Gasteiger partial charge in [0.05, 0.1) is 13.2 Å². The Morgan fingerprint density at radius 2 is 2.00 bits per heavy atom. The normalized spacial score (nSPS) is 12.9. The van der Waals surface area contributed by atoms with Crippen molar-refractivity contribution in [3.05, 3.63) is 58.3 Å². The van der Waals surface area contributed by atoms with Gasteiger partial charge in [0.1, 0.15) is 0 Å². The Balaban J connectivity index is 1.61. The van der Waals surface area contributed by atoms with E-state index in [4.69, 9.17) is 4.74 Å². The highest BCUT2D eigenvalue weighted by atomic mass is 32.1. The van der Waals surface area contributed by atoms with E-state index in [0.29, 0.717) is 12.5 Å². The van der Waals surface area contributed by atoms with Crippen molar-refractivity contribution >= 4 is 17.3 Å². The van der Waals surface area contributed by atoms with Crippen LogP contribution in [0.15, 0.2) is 52.2 Å². The number of nitrogens with one attached hydrogen (secondary N) is 2. The quantitative estimate of drug-likeness (QED) is 0.576. The average Bonchev–Trinajstić information content (AvgIpc) is 3.09.